The number of ether oxygens (including phenoxy) is 1. The molecule has 4 nitrogen and oxygen atoms in total. The average molecular weight is 330 g/mol. The third kappa shape index (κ3) is 3.08. The monoisotopic (exact) mass is 330 g/mol. The molecule has 1 N–H and O–H groups in total. The molecule has 2 aromatic carbocycles. The number of amides is 1. The van der Waals surface area contributed by atoms with Crippen LogP contribution in [-0.2, 0) is 0 Å². The molecule has 112 valence electrons. The first kappa shape index (κ1) is 14.9. The van der Waals surface area contributed by atoms with Gasteiger partial charge in [0.05, 0.1) is 17.3 Å². The van der Waals surface area contributed by atoms with Gasteiger partial charge >= 0.3 is 0 Å². The zero-order chi connectivity index (χ0) is 15.5. The summed E-state index contributed by atoms with van der Waals surface area (Å²) in [6, 6.07) is 13.2. The second kappa shape index (κ2) is 6.37. The Balaban J connectivity index is 1.80. The molecule has 0 fully saturated rings. The number of nitrogens with one attached hydrogen (secondary N) is 1. The van der Waals surface area contributed by atoms with E-state index in [9.17, 15) is 4.79 Å². The van der Waals surface area contributed by atoms with E-state index in [1.54, 1.807) is 18.9 Å². The van der Waals surface area contributed by atoms with Crippen LogP contribution in [0.1, 0.15) is 10.4 Å². The fourth-order valence-electron chi connectivity index (χ4n) is 2.00. The molecule has 0 saturated carbocycles. The molecule has 22 heavy (non-hydrogen) atoms. The highest BCUT2D eigenvalue weighted by Crippen LogP contribution is 2.29. The zero-order valence-electron chi connectivity index (χ0n) is 12.1. The normalized spacial score (nSPS) is 10.6. The number of rotatable bonds is 4. The maximum absolute atomic E-state index is 12.2. The number of fused-ring (bicyclic) bond motifs is 1. The lowest BCUT2D eigenvalue weighted by Crippen LogP contribution is -2.11. The molecule has 3 aromatic rings. The number of benzene rings is 2. The number of thiazole rings is 1. The van der Waals surface area contributed by atoms with Crippen molar-refractivity contribution in [1.29, 1.82) is 0 Å². The number of hydrogen-bond acceptors (Lipinski definition) is 5. The molecule has 1 amide bonds. The van der Waals surface area contributed by atoms with Gasteiger partial charge in [0.15, 0.2) is 5.13 Å². The van der Waals surface area contributed by atoms with Crippen LogP contribution in [0.3, 0.4) is 0 Å². The minimum absolute atomic E-state index is 0.154. The smallest absolute Gasteiger partial charge is 0.257 e. The molecule has 0 saturated heterocycles. The van der Waals surface area contributed by atoms with E-state index >= 15 is 0 Å². The third-order valence-corrected chi connectivity index (χ3v) is 4.85. The van der Waals surface area contributed by atoms with E-state index in [2.05, 4.69) is 10.3 Å². The largest absolute Gasteiger partial charge is 0.497 e. The lowest BCUT2D eigenvalue weighted by atomic mass is 10.2. The summed E-state index contributed by atoms with van der Waals surface area (Å²) in [5, 5.41) is 3.43. The average Bonchev–Trinajstić information content (AvgIpc) is 2.95. The topological polar surface area (TPSA) is 51.2 Å². The van der Waals surface area contributed by atoms with Crippen LogP contribution in [-0.4, -0.2) is 24.3 Å². The summed E-state index contributed by atoms with van der Waals surface area (Å²) in [7, 11) is 1.63. The van der Waals surface area contributed by atoms with E-state index in [0.717, 1.165) is 20.9 Å². The van der Waals surface area contributed by atoms with Crippen molar-refractivity contribution in [1.82, 2.24) is 4.98 Å². The summed E-state index contributed by atoms with van der Waals surface area (Å²) >= 11 is 3.08. The molecular formula is C16H14N2O2S2. The van der Waals surface area contributed by atoms with E-state index in [-0.39, 0.29) is 5.91 Å². The molecule has 1 heterocycles. The van der Waals surface area contributed by atoms with E-state index in [1.165, 1.54) is 11.3 Å². The fraction of sp³-hybridized carbons (Fsp3) is 0.125. The quantitative estimate of drug-likeness (QED) is 0.726. The van der Waals surface area contributed by atoms with Gasteiger partial charge in [0, 0.05) is 10.5 Å². The lowest BCUT2D eigenvalue weighted by Gasteiger charge is -2.02. The summed E-state index contributed by atoms with van der Waals surface area (Å²) in [4.78, 5) is 17.8. The molecule has 6 heteroatoms. The van der Waals surface area contributed by atoms with Crippen molar-refractivity contribution in [3.63, 3.8) is 0 Å². The van der Waals surface area contributed by atoms with Gasteiger partial charge < -0.3 is 4.74 Å². The standard InChI is InChI=1S/C16H14N2O2S2/c1-20-11-5-8-13-14(9-11)22-16(17-13)18-15(19)10-3-6-12(21-2)7-4-10/h3-9H,1-2H3,(H,17,18,19). The second-order valence-corrected chi connectivity index (χ2v) is 6.45. The maximum Gasteiger partial charge on any atom is 0.257 e. The van der Waals surface area contributed by atoms with Crippen molar-refractivity contribution in [2.24, 2.45) is 0 Å². The summed E-state index contributed by atoms with van der Waals surface area (Å²) in [6.45, 7) is 0. The summed E-state index contributed by atoms with van der Waals surface area (Å²) in [5.74, 6) is 0.625. The van der Waals surface area contributed by atoms with Crippen molar-refractivity contribution in [3.05, 3.63) is 48.0 Å². The predicted molar refractivity (Wildman–Crippen MR) is 92.3 cm³/mol. The number of hydrogen-bond donors (Lipinski definition) is 1. The van der Waals surface area contributed by atoms with Crippen LogP contribution in [0.4, 0.5) is 5.13 Å². The number of aromatic nitrogens is 1. The molecule has 0 aliphatic carbocycles. The summed E-state index contributed by atoms with van der Waals surface area (Å²) in [6.07, 6.45) is 2.00. The summed E-state index contributed by atoms with van der Waals surface area (Å²) < 4.78 is 6.17. The van der Waals surface area contributed by atoms with Crippen molar-refractivity contribution in [3.8, 4) is 5.75 Å². The van der Waals surface area contributed by atoms with E-state index in [1.807, 2.05) is 48.7 Å². The molecule has 0 aliphatic heterocycles. The van der Waals surface area contributed by atoms with E-state index in [4.69, 9.17) is 4.74 Å². The highest BCUT2D eigenvalue weighted by molar-refractivity contribution is 7.98. The van der Waals surface area contributed by atoms with Gasteiger partial charge in [0.1, 0.15) is 5.75 Å². The van der Waals surface area contributed by atoms with Gasteiger partial charge in [-0.25, -0.2) is 4.98 Å². The lowest BCUT2D eigenvalue weighted by molar-refractivity contribution is 0.102. The first-order valence-corrected chi connectivity index (χ1v) is 8.63. The Morgan fingerprint density at radius 3 is 2.68 bits per heavy atom. The van der Waals surface area contributed by atoms with Crippen molar-refractivity contribution in [2.75, 3.05) is 18.7 Å². The SMILES string of the molecule is COc1ccc2nc(NC(=O)c3ccc(SC)cc3)sc2c1. The maximum atomic E-state index is 12.2. The molecule has 0 atom stereocenters. The number of carbonyl (C=O) groups is 1. The van der Waals surface area contributed by atoms with Crippen molar-refractivity contribution in [2.45, 2.75) is 4.90 Å². The Bertz CT molecular complexity index is 813. The van der Waals surface area contributed by atoms with Gasteiger partial charge in [-0.3, -0.25) is 10.1 Å². The Morgan fingerprint density at radius 1 is 1.23 bits per heavy atom. The van der Waals surface area contributed by atoms with Gasteiger partial charge in [-0.2, -0.15) is 0 Å². The number of carbonyl (C=O) groups excluding carboxylic acids is 1. The molecule has 0 unspecified atom stereocenters. The van der Waals surface area contributed by atoms with E-state index < -0.39 is 0 Å². The van der Waals surface area contributed by atoms with Gasteiger partial charge in [-0.15, -0.1) is 11.8 Å². The van der Waals surface area contributed by atoms with Crippen LogP contribution < -0.4 is 10.1 Å². The van der Waals surface area contributed by atoms with Crippen LogP contribution in [0, 0.1) is 0 Å². The minimum Gasteiger partial charge on any atom is -0.497 e. The molecule has 1 aromatic heterocycles. The van der Waals surface area contributed by atoms with E-state index in [0.29, 0.717) is 10.7 Å². The number of anilines is 1. The molecule has 0 aliphatic rings. The van der Waals surface area contributed by atoms with Crippen LogP contribution in [0.2, 0.25) is 0 Å². The van der Waals surface area contributed by atoms with Crippen LogP contribution in [0.5, 0.6) is 5.75 Å². The Labute approximate surface area is 136 Å². The second-order valence-electron chi connectivity index (χ2n) is 4.54. The third-order valence-electron chi connectivity index (χ3n) is 3.17. The van der Waals surface area contributed by atoms with Crippen molar-refractivity contribution < 1.29 is 9.53 Å². The Morgan fingerprint density at radius 2 is 2.00 bits per heavy atom. The number of nitrogens with zero attached hydrogens (tertiary/aromatic N) is 1. The number of thioether (sulfide) groups is 1. The minimum atomic E-state index is -0.154. The van der Waals surface area contributed by atoms with Gasteiger partial charge in [0.25, 0.3) is 5.91 Å². The Kier molecular flexibility index (Phi) is 4.31. The first-order valence-electron chi connectivity index (χ1n) is 6.59. The molecule has 0 spiro atoms. The number of methoxy groups -OCH3 is 1. The summed E-state index contributed by atoms with van der Waals surface area (Å²) in [5.41, 5.74) is 1.47. The van der Waals surface area contributed by atoms with Gasteiger partial charge in [-0.05, 0) is 48.7 Å². The van der Waals surface area contributed by atoms with Gasteiger partial charge in [0.2, 0.25) is 0 Å². The molecule has 0 bridgehead atoms. The van der Waals surface area contributed by atoms with Crippen molar-refractivity contribution >= 4 is 44.4 Å². The Hall–Kier alpha value is -2.05. The molecular weight excluding hydrogens is 316 g/mol. The van der Waals surface area contributed by atoms with Crippen LogP contribution >= 0.6 is 23.1 Å². The molecule has 0 radical (unpaired) electrons. The highest BCUT2D eigenvalue weighted by Gasteiger charge is 2.10. The predicted octanol–water partition coefficient (Wildman–Crippen LogP) is 4.28. The van der Waals surface area contributed by atoms with Gasteiger partial charge in [-0.1, -0.05) is 11.3 Å². The van der Waals surface area contributed by atoms with Crippen LogP contribution in [0.15, 0.2) is 47.4 Å². The highest BCUT2D eigenvalue weighted by atomic mass is 32.2. The first-order chi connectivity index (χ1) is 10.7. The van der Waals surface area contributed by atoms with Crippen LogP contribution in [0.25, 0.3) is 10.2 Å². The molecule has 3 rings (SSSR count). The fourth-order valence-corrected chi connectivity index (χ4v) is 3.29. The zero-order valence-corrected chi connectivity index (χ0v) is 13.8.